The van der Waals surface area contributed by atoms with Crippen LogP contribution in [-0.4, -0.2) is 5.25 Å². The van der Waals surface area contributed by atoms with Crippen molar-refractivity contribution < 1.29 is 0 Å². The van der Waals surface area contributed by atoms with Crippen LogP contribution in [0, 0.1) is 5.92 Å². The molecule has 0 aromatic carbocycles. The Bertz CT molecular complexity index is 108. The van der Waals surface area contributed by atoms with Crippen LogP contribution in [-0.2, 0) is 0 Å². The summed E-state index contributed by atoms with van der Waals surface area (Å²) in [5.74, 6) is 0.600. The maximum absolute atomic E-state index is 4.32. The van der Waals surface area contributed by atoms with Gasteiger partial charge in [0.05, 0.1) is 0 Å². The number of thiol groups is 1. The van der Waals surface area contributed by atoms with Crippen molar-refractivity contribution in [3.8, 4) is 0 Å². The normalized spacial score (nSPS) is 35.8. The van der Waals surface area contributed by atoms with Crippen LogP contribution in [0.15, 0.2) is 24.3 Å². The van der Waals surface area contributed by atoms with Gasteiger partial charge in [-0.15, -0.1) is 0 Å². The molecule has 8 heavy (non-hydrogen) atoms. The van der Waals surface area contributed by atoms with E-state index in [2.05, 4.69) is 37.8 Å². The summed E-state index contributed by atoms with van der Waals surface area (Å²) in [7, 11) is 0. The third kappa shape index (κ3) is 1.16. The Kier molecular flexibility index (Phi) is 1.79. The van der Waals surface area contributed by atoms with Crippen molar-refractivity contribution in [2.75, 3.05) is 0 Å². The molecule has 44 valence electrons. The van der Waals surface area contributed by atoms with Gasteiger partial charge in [-0.25, -0.2) is 0 Å². The average Bonchev–Trinajstić information content (AvgIpc) is 1.77. The molecule has 0 N–H and O–H groups in total. The minimum absolute atomic E-state index is 0.431. The number of rotatable bonds is 0. The Morgan fingerprint density at radius 1 is 1.25 bits per heavy atom. The lowest BCUT2D eigenvalue weighted by Gasteiger charge is -2.12. The summed E-state index contributed by atoms with van der Waals surface area (Å²) in [6.45, 7) is 2.16. The van der Waals surface area contributed by atoms with Crippen molar-refractivity contribution in [3.63, 3.8) is 0 Å². The molecule has 2 unspecified atom stereocenters. The lowest BCUT2D eigenvalue weighted by atomic mass is 10.0. The Hall–Kier alpha value is -0.170. The van der Waals surface area contributed by atoms with E-state index >= 15 is 0 Å². The third-order valence-electron chi connectivity index (χ3n) is 1.37. The fourth-order valence-electron chi connectivity index (χ4n) is 0.707. The second kappa shape index (κ2) is 2.40. The molecule has 1 aliphatic carbocycles. The second-order valence-corrected chi connectivity index (χ2v) is 2.72. The van der Waals surface area contributed by atoms with Gasteiger partial charge in [0.1, 0.15) is 0 Å². The van der Waals surface area contributed by atoms with Crippen molar-refractivity contribution in [1.82, 2.24) is 0 Å². The van der Waals surface area contributed by atoms with E-state index < -0.39 is 0 Å². The maximum Gasteiger partial charge on any atom is 0.0260 e. The molecule has 1 heteroatoms. The molecule has 0 aliphatic heterocycles. The zero-order valence-electron chi connectivity index (χ0n) is 4.91. The standard InChI is InChI=1S/C7H10S/c1-6-4-2-3-5-7(6)8/h2-8H,1H3. The molecule has 0 aromatic heterocycles. The first-order valence-electron chi connectivity index (χ1n) is 2.84. The minimum atomic E-state index is 0.431. The van der Waals surface area contributed by atoms with Gasteiger partial charge in [0.2, 0.25) is 0 Å². The molecular formula is C7H10S. The van der Waals surface area contributed by atoms with E-state index in [0.29, 0.717) is 11.2 Å². The van der Waals surface area contributed by atoms with Gasteiger partial charge in [0.15, 0.2) is 0 Å². The first kappa shape index (κ1) is 5.96. The average molecular weight is 126 g/mol. The van der Waals surface area contributed by atoms with Gasteiger partial charge in [-0.2, -0.15) is 12.6 Å². The second-order valence-electron chi connectivity index (χ2n) is 2.12. The molecule has 0 heterocycles. The topological polar surface area (TPSA) is 0 Å². The zero-order valence-corrected chi connectivity index (χ0v) is 5.81. The van der Waals surface area contributed by atoms with Gasteiger partial charge in [-0.3, -0.25) is 0 Å². The smallest absolute Gasteiger partial charge is 0.0260 e. The van der Waals surface area contributed by atoms with Crippen molar-refractivity contribution in [2.45, 2.75) is 12.2 Å². The first-order valence-corrected chi connectivity index (χ1v) is 3.35. The minimum Gasteiger partial charge on any atom is -0.171 e. The van der Waals surface area contributed by atoms with E-state index in [0.717, 1.165) is 0 Å². The zero-order chi connectivity index (χ0) is 5.98. The van der Waals surface area contributed by atoms with Crippen LogP contribution < -0.4 is 0 Å². The Morgan fingerprint density at radius 2 is 1.88 bits per heavy atom. The SMILES string of the molecule is CC1C=CC=CC1S. The van der Waals surface area contributed by atoms with Gasteiger partial charge < -0.3 is 0 Å². The predicted octanol–water partition coefficient (Wildman–Crippen LogP) is 2.05. The predicted molar refractivity (Wildman–Crippen MR) is 40.2 cm³/mol. The Morgan fingerprint density at radius 3 is 2.25 bits per heavy atom. The summed E-state index contributed by atoms with van der Waals surface area (Å²) in [5.41, 5.74) is 0. The molecule has 0 radical (unpaired) electrons. The van der Waals surface area contributed by atoms with Gasteiger partial charge >= 0.3 is 0 Å². The lowest BCUT2D eigenvalue weighted by Crippen LogP contribution is -2.07. The molecule has 0 bridgehead atoms. The number of hydrogen-bond donors (Lipinski definition) is 1. The van der Waals surface area contributed by atoms with Crippen LogP contribution in [0.2, 0.25) is 0 Å². The molecule has 0 spiro atoms. The van der Waals surface area contributed by atoms with Crippen molar-refractivity contribution in [3.05, 3.63) is 24.3 Å². The molecule has 0 amide bonds. The molecule has 0 aromatic rings. The molecule has 0 saturated carbocycles. The van der Waals surface area contributed by atoms with Crippen LogP contribution >= 0.6 is 12.6 Å². The summed E-state index contributed by atoms with van der Waals surface area (Å²) in [6.07, 6.45) is 8.38. The van der Waals surface area contributed by atoms with E-state index in [1.165, 1.54) is 0 Å². The fraction of sp³-hybridized carbons (Fsp3) is 0.429. The van der Waals surface area contributed by atoms with Crippen LogP contribution in [0.25, 0.3) is 0 Å². The Balaban J connectivity index is 2.59. The van der Waals surface area contributed by atoms with E-state index in [9.17, 15) is 0 Å². The van der Waals surface area contributed by atoms with Crippen molar-refractivity contribution >= 4 is 12.6 Å². The van der Waals surface area contributed by atoms with E-state index in [-0.39, 0.29) is 0 Å². The van der Waals surface area contributed by atoms with Crippen molar-refractivity contribution in [2.24, 2.45) is 5.92 Å². The van der Waals surface area contributed by atoms with E-state index in [4.69, 9.17) is 0 Å². The molecule has 0 saturated heterocycles. The summed E-state index contributed by atoms with van der Waals surface area (Å²) in [4.78, 5) is 0. The molecule has 0 fully saturated rings. The molecule has 0 nitrogen and oxygen atoms in total. The fourth-order valence-corrected chi connectivity index (χ4v) is 0.905. The number of allylic oxidation sites excluding steroid dienone is 3. The lowest BCUT2D eigenvalue weighted by molar-refractivity contribution is 0.757. The largest absolute Gasteiger partial charge is 0.171 e. The van der Waals surface area contributed by atoms with Gasteiger partial charge in [-0.1, -0.05) is 31.2 Å². The molecule has 2 atom stereocenters. The van der Waals surface area contributed by atoms with E-state index in [1.54, 1.807) is 0 Å². The highest BCUT2D eigenvalue weighted by molar-refractivity contribution is 7.81. The van der Waals surface area contributed by atoms with E-state index in [1.807, 2.05) is 6.08 Å². The van der Waals surface area contributed by atoms with Crippen molar-refractivity contribution in [1.29, 1.82) is 0 Å². The summed E-state index contributed by atoms with van der Waals surface area (Å²) in [6, 6.07) is 0. The van der Waals surface area contributed by atoms with Gasteiger partial charge in [0.25, 0.3) is 0 Å². The monoisotopic (exact) mass is 126 g/mol. The summed E-state index contributed by atoms with van der Waals surface area (Å²) < 4.78 is 0. The highest BCUT2D eigenvalue weighted by Crippen LogP contribution is 2.15. The van der Waals surface area contributed by atoms with Gasteiger partial charge in [-0.05, 0) is 5.92 Å². The van der Waals surface area contributed by atoms with Crippen LogP contribution in [0.1, 0.15) is 6.92 Å². The molecule has 1 aliphatic rings. The van der Waals surface area contributed by atoms with Gasteiger partial charge in [0, 0.05) is 5.25 Å². The molecular weight excluding hydrogens is 116 g/mol. The molecule has 1 rings (SSSR count). The number of hydrogen-bond acceptors (Lipinski definition) is 1. The van der Waals surface area contributed by atoms with Crippen LogP contribution in [0.5, 0.6) is 0 Å². The Labute approximate surface area is 55.7 Å². The van der Waals surface area contributed by atoms with Crippen LogP contribution in [0.3, 0.4) is 0 Å². The van der Waals surface area contributed by atoms with Crippen LogP contribution in [0.4, 0.5) is 0 Å². The summed E-state index contributed by atoms with van der Waals surface area (Å²) >= 11 is 4.32. The summed E-state index contributed by atoms with van der Waals surface area (Å²) in [5, 5.41) is 0.431. The third-order valence-corrected chi connectivity index (χ3v) is 2.02. The highest BCUT2D eigenvalue weighted by Gasteiger charge is 2.06. The maximum atomic E-state index is 4.32. The highest BCUT2D eigenvalue weighted by atomic mass is 32.1. The first-order chi connectivity index (χ1) is 3.80. The quantitative estimate of drug-likeness (QED) is 0.472.